The number of allylic oxidation sites excluding steroid dienone is 1. The third-order valence-electron chi connectivity index (χ3n) is 7.04. The van der Waals surface area contributed by atoms with Gasteiger partial charge in [0.1, 0.15) is 31.8 Å². The maximum absolute atomic E-state index is 13.8. The zero-order valence-electron chi connectivity index (χ0n) is 20.7. The average Bonchev–Trinajstić information content (AvgIpc) is 3.61. The molecule has 7 nitrogen and oxygen atoms in total. The Hall–Kier alpha value is -2.92. The van der Waals surface area contributed by atoms with Gasteiger partial charge >= 0.3 is 0 Å². The largest absolute Gasteiger partial charge is 0.493 e. The Morgan fingerprint density at radius 2 is 1.68 bits per heavy atom. The standard InChI is InChI=1S/C26H29BF2N4O3S/c1-26(6-7-26)18-36-25-16-33(23-13-21(28)12-22(29)14-23)30-15-24(25)31-8-10-32(11-9-31)37(34,35)17-19-2-4-20(27)5-3-19/h2-5,12-15H,6-11,16-18H2,1H3. The molecule has 2 radical (unpaired) electrons. The summed E-state index contributed by atoms with van der Waals surface area (Å²) in [6, 6.07) is 10.1. The Labute approximate surface area is 217 Å². The van der Waals surface area contributed by atoms with Crippen LogP contribution in [0.5, 0.6) is 0 Å². The van der Waals surface area contributed by atoms with Gasteiger partial charge < -0.3 is 9.64 Å². The monoisotopic (exact) mass is 526 g/mol. The molecule has 1 aliphatic carbocycles. The van der Waals surface area contributed by atoms with Gasteiger partial charge in [-0.25, -0.2) is 17.2 Å². The van der Waals surface area contributed by atoms with Gasteiger partial charge in [-0.15, -0.1) is 0 Å². The normalized spacial score (nSPS) is 19.9. The minimum absolute atomic E-state index is 0.0798. The van der Waals surface area contributed by atoms with Crippen molar-refractivity contribution in [2.75, 3.05) is 44.3 Å². The summed E-state index contributed by atoms with van der Waals surface area (Å²) in [5.74, 6) is -0.775. The minimum Gasteiger partial charge on any atom is -0.493 e. The first-order valence-electron chi connectivity index (χ1n) is 12.3. The van der Waals surface area contributed by atoms with E-state index >= 15 is 0 Å². The van der Waals surface area contributed by atoms with Crippen LogP contribution in [-0.4, -0.2) is 71.0 Å². The van der Waals surface area contributed by atoms with Gasteiger partial charge in [0.25, 0.3) is 0 Å². The molecule has 2 aromatic rings. The summed E-state index contributed by atoms with van der Waals surface area (Å²) < 4.78 is 61.4. The van der Waals surface area contributed by atoms with Gasteiger partial charge in [-0.05, 0) is 30.5 Å². The Kier molecular flexibility index (Phi) is 7.02. The predicted octanol–water partition coefficient (Wildman–Crippen LogP) is 2.74. The van der Waals surface area contributed by atoms with Gasteiger partial charge in [0.15, 0.2) is 0 Å². The lowest BCUT2D eigenvalue weighted by Crippen LogP contribution is -2.49. The van der Waals surface area contributed by atoms with Crippen molar-refractivity contribution < 1.29 is 21.9 Å². The Morgan fingerprint density at radius 3 is 2.30 bits per heavy atom. The first kappa shape index (κ1) is 25.7. The highest BCUT2D eigenvalue weighted by Crippen LogP contribution is 2.45. The molecule has 0 amide bonds. The summed E-state index contributed by atoms with van der Waals surface area (Å²) in [5.41, 5.74) is 2.49. The molecule has 0 unspecified atom stereocenters. The van der Waals surface area contributed by atoms with Crippen molar-refractivity contribution in [2.45, 2.75) is 25.5 Å². The van der Waals surface area contributed by atoms with Crippen LogP contribution in [-0.2, 0) is 20.5 Å². The number of hydrazone groups is 1. The van der Waals surface area contributed by atoms with E-state index in [1.165, 1.54) is 21.4 Å². The molecule has 194 valence electrons. The van der Waals surface area contributed by atoms with Crippen molar-refractivity contribution in [3.63, 3.8) is 0 Å². The molecule has 1 saturated carbocycles. The van der Waals surface area contributed by atoms with Crippen LogP contribution in [0.3, 0.4) is 0 Å². The molecule has 2 fully saturated rings. The zero-order chi connectivity index (χ0) is 26.2. The van der Waals surface area contributed by atoms with Gasteiger partial charge in [0, 0.05) is 37.7 Å². The quantitative estimate of drug-likeness (QED) is 0.496. The number of rotatable bonds is 8. The van der Waals surface area contributed by atoms with Crippen molar-refractivity contribution >= 4 is 35.2 Å². The zero-order valence-corrected chi connectivity index (χ0v) is 21.6. The van der Waals surface area contributed by atoms with E-state index in [1.54, 1.807) is 30.5 Å². The highest BCUT2D eigenvalue weighted by atomic mass is 32.2. The molecule has 0 N–H and O–H groups in total. The summed E-state index contributed by atoms with van der Waals surface area (Å²) >= 11 is 0. The maximum atomic E-state index is 13.8. The van der Waals surface area contributed by atoms with Gasteiger partial charge in [0.2, 0.25) is 10.0 Å². The lowest BCUT2D eigenvalue weighted by Gasteiger charge is -2.38. The molecule has 37 heavy (non-hydrogen) atoms. The molecule has 2 heterocycles. The van der Waals surface area contributed by atoms with Crippen LogP contribution < -0.4 is 10.5 Å². The van der Waals surface area contributed by atoms with E-state index in [2.05, 4.69) is 16.9 Å². The second-order valence-electron chi connectivity index (χ2n) is 10.2. The molecular weight excluding hydrogens is 497 g/mol. The molecule has 0 aromatic heterocycles. The number of halogens is 2. The molecule has 0 spiro atoms. The maximum Gasteiger partial charge on any atom is 0.218 e. The number of hydrogen-bond acceptors (Lipinski definition) is 6. The number of piperazine rings is 1. The van der Waals surface area contributed by atoms with Crippen molar-refractivity contribution in [3.05, 3.63) is 71.1 Å². The Bertz CT molecular complexity index is 1300. The first-order chi connectivity index (χ1) is 17.6. The third kappa shape index (κ3) is 6.15. The van der Waals surface area contributed by atoms with Gasteiger partial charge in [0.05, 0.1) is 30.0 Å². The smallest absolute Gasteiger partial charge is 0.218 e. The molecular formula is C26H29BF2N4O3S. The Balaban J connectivity index is 1.29. The van der Waals surface area contributed by atoms with Crippen molar-refractivity contribution in [3.8, 4) is 0 Å². The van der Waals surface area contributed by atoms with Crippen LogP contribution in [0.2, 0.25) is 0 Å². The highest BCUT2D eigenvalue weighted by Gasteiger charge is 2.39. The lowest BCUT2D eigenvalue weighted by molar-refractivity contribution is 0.144. The van der Waals surface area contributed by atoms with Crippen LogP contribution in [0.1, 0.15) is 25.3 Å². The second-order valence-corrected chi connectivity index (χ2v) is 12.2. The average molecular weight is 526 g/mol. The van der Waals surface area contributed by atoms with Crippen molar-refractivity contribution in [2.24, 2.45) is 10.5 Å². The molecule has 0 bridgehead atoms. The van der Waals surface area contributed by atoms with Crippen LogP contribution >= 0.6 is 0 Å². The van der Waals surface area contributed by atoms with Crippen LogP contribution in [0.15, 0.2) is 59.0 Å². The number of ether oxygens (including phenoxy) is 1. The van der Waals surface area contributed by atoms with E-state index in [9.17, 15) is 17.2 Å². The highest BCUT2D eigenvalue weighted by molar-refractivity contribution is 7.88. The summed E-state index contributed by atoms with van der Waals surface area (Å²) in [6.07, 6.45) is 3.82. The van der Waals surface area contributed by atoms with Gasteiger partial charge in [-0.3, -0.25) is 5.01 Å². The summed E-state index contributed by atoms with van der Waals surface area (Å²) in [6.45, 7) is 4.54. The SMILES string of the molecule is [B]c1ccc(CS(=O)(=O)N2CCN(C3=C(OCC4(C)CC4)CN(c4cc(F)cc(F)c4)N=C3)CC2)cc1. The van der Waals surface area contributed by atoms with Gasteiger partial charge in [-0.2, -0.15) is 9.41 Å². The fraction of sp³-hybridized carbons (Fsp3) is 0.423. The number of sulfonamides is 1. The molecule has 3 aliphatic rings. The molecule has 11 heteroatoms. The van der Waals surface area contributed by atoms with E-state index in [1.807, 2.05) is 0 Å². The third-order valence-corrected chi connectivity index (χ3v) is 8.89. The second kappa shape index (κ2) is 10.1. The van der Waals surface area contributed by atoms with Crippen molar-refractivity contribution in [1.82, 2.24) is 9.21 Å². The minimum atomic E-state index is -3.49. The van der Waals surface area contributed by atoms with E-state index in [0.29, 0.717) is 55.3 Å². The predicted molar refractivity (Wildman–Crippen MR) is 140 cm³/mol. The van der Waals surface area contributed by atoms with Crippen LogP contribution in [0.25, 0.3) is 0 Å². The fourth-order valence-corrected chi connectivity index (χ4v) is 5.94. The number of benzene rings is 2. The van der Waals surface area contributed by atoms with Crippen LogP contribution in [0, 0.1) is 17.0 Å². The topological polar surface area (TPSA) is 65.5 Å². The summed E-state index contributed by atoms with van der Waals surface area (Å²) in [5, 5.41) is 5.94. The summed E-state index contributed by atoms with van der Waals surface area (Å²) in [4.78, 5) is 2.06. The van der Waals surface area contributed by atoms with E-state index in [4.69, 9.17) is 12.6 Å². The van der Waals surface area contributed by atoms with E-state index in [0.717, 1.165) is 24.6 Å². The molecule has 2 aliphatic heterocycles. The number of nitrogens with zero attached hydrogens (tertiary/aromatic N) is 4. The number of hydrogen-bond donors (Lipinski definition) is 0. The molecule has 5 rings (SSSR count). The van der Waals surface area contributed by atoms with Gasteiger partial charge in [-0.1, -0.05) is 36.7 Å². The fourth-order valence-electron chi connectivity index (χ4n) is 4.42. The van der Waals surface area contributed by atoms with E-state index < -0.39 is 21.7 Å². The van der Waals surface area contributed by atoms with E-state index in [-0.39, 0.29) is 17.7 Å². The summed E-state index contributed by atoms with van der Waals surface area (Å²) in [7, 11) is 2.22. The molecule has 2 aromatic carbocycles. The van der Waals surface area contributed by atoms with Crippen LogP contribution in [0.4, 0.5) is 14.5 Å². The first-order valence-corrected chi connectivity index (χ1v) is 13.9. The lowest BCUT2D eigenvalue weighted by atomic mass is 9.96. The Morgan fingerprint density at radius 1 is 1.03 bits per heavy atom. The van der Waals surface area contributed by atoms with Crippen molar-refractivity contribution in [1.29, 1.82) is 0 Å². The molecule has 1 saturated heterocycles. The molecule has 0 atom stereocenters. The number of anilines is 1.